The smallest absolute Gasteiger partial charge is 0.319 e. The number of halogens is 1. The molecular formula is C35H35FN6O3. The molecule has 2 bridgehead atoms. The Morgan fingerprint density at radius 3 is 2.80 bits per heavy atom. The lowest BCUT2D eigenvalue weighted by Gasteiger charge is -2.34. The number of rotatable bonds is 6. The van der Waals surface area contributed by atoms with E-state index in [4.69, 9.17) is 20.9 Å². The first kappa shape index (κ1) is 28.2. The zero-order chi connectivity index (χ0) is 30.9. The molecule has 4 aliphatic heterocycles. The number of aromatic hydroxyl groups is 1. The van der Waals surface area contributed by atoms with Crippen LogP contribution in [0.5, 0.6) is 11.8 Å². The number of methoxy groups -OCH3 is 1. The highest BCUT2D eigenvalue weighted by Crippen LogP contribution is 2.43. The Hall–Kier alpha value is -4.30. The third-order valence-electron chi connectivity index (χ3n) is 10.0. The number of pyridine rings is 1. The summed E-state index contributed by atoms with van der Waals surface area (Å²) in [4.78, 5) is 18.8. The third kappa shape index (κ3) is 4.69. The number of terminal acetylenes is 1. The summed E-state index contributed by atoms with van der Waals surface area (Å²) in [5, 5.41) is 16.1. The Morgan fingerprint density at radius 1 is 1.20 bits per heavy atom. The van der Waals surface area contributed by atoms with Gasteiger partial charge in [-0.3, -0.25) is 9.88 Å². The van der Waals surface area contributed by atoms with Gasteiger partial charge in [-0.15, -0.1) is 6.42 Å². The lowest BCUT2D eigenvalue weighted by molar-refractivity contribution is 0.101. The van der Waals surface area contributed by atoms with E-state index in [1.54, 1.807) is 25.4 Å². The zero-order valence-corrected chi connectivity index (χ0v) is 25.2. The average molecular weight is 607 g/mol. The van der Waals surface area contributed by atoms with Crippen LogP contribution in [-0.2, 0) is 4.74 Å². The van der Waals surface area contributed by atoms with Gasteiger partial charge in [0.1, 0.15) is 29.4 Å². The summed E-state index contributed by atoms with van der Waals surface area (Å²) < 4.78 is 29.0. The predicted octanol–water partition coefficient (Wildman–Crippen LogP) is 4.41. The molecule has 4 atom stereocenters. The molecule has 2 N–H and O–H groups in total. The standard InChI is InChI=1S/C35H35FN6O3/c1-4-21-6-5-7-22-10-25(43)11-27(29(21)22)31-30(36)32-28(14-37-31)33(41-16-23-8-9-24(17-41)38-23)40-34(39-32)45-19-35-12-20(2)15-42(35)18-26(13-35)44-3/h1,5-7,10-11,14,23-24,26,38,43H,2,8-9,12-13,15-19H2,3H3/t23?,24?,26-,35+/m1/s1. The van der Waals surface area contributed by atoms with E-state index in [1.165, 1.54) is 6.07 Å². The molecule has 0 radical (unpaired) electrons. The molecule has 0 saturated carbocycles. The van der Waals surface area contributed by atoms with Crippen LogP contribution < -0.4 is 15.0 Å². The minimum Gasteiger partial charge on any atom is -0.508 e. The molecule has 45 heavy (non-hydrogen) atoms. The largest absolute Gasteiger partial charge is 0.508 e. The van der Waals surface area contributed by atoms with Crippen LogP contribution in [0.2, 0.25) is 0 Å². The number of anilines is 1. The molecule has 9 nitrogen and oxygen atoms in total. The minimum atomic E-state index is -0.618. The second kappa shape index (κ2) is 10.7. The molecule has 0 amide bonds. The lowest BCUT2D eigenvalue weighted by atomic mass is 9.93. The monoisotopic (exact) mass is 606 g/mol. The Labute approximate surface area is 261 Å². The predicted molar refractivity (Wildman–Crippen MR) is 171 cm³/mol. The quantitative estimate of drug-likeness (QED) is 0.245. The highest BCUT2D eigenvalue weighted by Gasteiger charge is 2.50. The first-order chi connectivity index (χ1) is 21.8. The van der Waals surface area contributed by atoms with Gasteiger partial charge in [-0.1, -0.05) is 30.2 Å². The van der Waals surface area contributed by atoms with Crippen molar-refractivity contribution in [3.05, 3.63) is 60.1 Å². The van der Waals surface area contributed by atoms with E-state index < -0.39 is 5.82 Å². The maximum Gasteiger partial charge on any atom is 0.319 e. The molecule has 0 spiro atoms. The van der Waals surface area contributed by atoms with Crippen molar-refractivity contribution in [2.75, 3.05) is 44.8 Å². The Bertz CT molecular complexity index is 1900. The molecule has 8 rings (SSSR count). The van der Waals surface area contributed by atoms with E-state index in [1.807, 2.05) is 12.1 Å². The second-order valence-corrected chi connectivity index (χ2v) is 13.0. The molecule has 4 aliphatic rings. The van der Waals surface area contributed by atoms with Crippen molar-refractivity contribution in [3.63, 3.8) is 0 Å². The number of hydrogen-bond acceptors (Lipinski definition) is 9. The molecule has 4 fully saturated rings. The van der Waals surface area contributed by atoms with Gasteiger partial charge in [0.15, 0.2) is 5.82 Å². The molecule has 4 saturated heterocycles. The Balaban J connectivity index is 1.25. The lowest BCUT2D eigenvalue weighted by Crippen LogP contribution is -2.51. The number of nitrogens with zero attached hydrogens (tertiary/aromatic N) is 5. The van der Waals surface area contributed by atoms with Gasteiger partial charge in [-0.05, 0) is 49.3 Å². The molecule has 2 aromatic carbocycles. The maximum atomic E-state index is 16.8. The number of fused-ring (bicyclic) bond motifs is 5. The van der Waals surface area contributed by atoms with E-state index >= 15 is 4.39 Å². The highest BCUT2D eigenvalue weighted by atomic mass is 19.1. The summed E-state index contributed by atoms with van der Waals surface area (Å²) in [7, 11) is 1.74. The number of nitrogens with one attached hydrogen (secondary N) is 1. The second-order valence-electron chi connectivity index (χ2n) is 13.0. The van der Waals surface area contributed by atoms with Gasteiger partial charge in [0.25, 0.3) is 0 Å². The van der Waals surface area contributed by atoms with Crippen LogP contribution in [0.25, 0.3) is 32.9 Å². The van der Waals surface area contributed by atoms with Crippen LogP contribution in [0.15, 0.2) is 48.7 Å². The summed E-state index contributed by atoms with van der Waals surface area (Å²) >= 11 is 0. The topological polar surface area (TPSA) is 95.9 Å². The summed E-state index contributed by atoms with van der Waals surface area (Å²) in [6, 6.07) is 9.37. The Morgan fingerprint density at radius 2 is 2.02 bits per heavy atom. The summed E-state index contributed by atoms with van der Waals surface area (Å²) in [5.74, 6) is 2.68. The number of aromatic nitrogens is 3. The number of piperazine rings is 1. The van der Waals surface area contributed by atoms with E-state index in [0.29, 0.717) is 51.8 Å². The van der Waals surface area contributed by atoms with Crippen molar-refractivity contribution in [1.29, 1.82) is 0 Å². The first-order valence-corrected chi connectivity index (χ1v) is 15.5. The number of phenols is 1. The third-order valence-corrected chi connectivity index (χ3v) is 10.0. The maximum absolute atomic E-state index is 16.8. The van der Waals surface area contributed by atoms with Gasteiger partial charge in [-0.2, -0.15) is 9.97 Å². The number of ether oxygens (including phenoxy) is 2. The van der Waals surface area contributed by atoms with Crippen molar-refractivity contribution in [2.45, 2.75) is 49.4 Å². The average Bonchev–Trinajstić information content (AvgIpc) is 3.66. The van der Waals surface area contributed by atoms with Gasteiger partial charge < -0.3 is 24.8 Å². The van der Waals surface area contributed by atoms with Gasteiger partial charge in [0.2, 0.25) is 0 Å². The van der Waals surface area contributed by atoms with E-state index in [2.05, 4.69) is 37.6 Å². The normalized spacial score (nSPS) is 26.1. The van der Waals surface area contributed by atoms with Crippen molar-refractivity contribution < 1.29 is 19.0 Å². The summed E-state index contributed by atoms with van der Waals surface area (Å²) in [6.45, 7) is 7.70. The molecule has 230 valence electrons. The van der Waals surface area contributed by atoms with E-state index in [9.17, 15) is 5.11 Å². The number of benzene rings is 2. The summed E-state index contributed by atoms with van der Waals surface area (Å²) in [6.07, 6.45) is 11.4. The molecule has 4 aromatic rings. The number of hydrogen-bond donors (Lipinski definition) is 2. The SMILES string of the molecule is C#Cc1cccc2cc(O)cc(-c3ncc4c(N5CC6CCC(C5)N6)nc(OC[C@@]56CC(=C)CN5C[C@H](OC)C6)nc4c3F)c12. The molecular weight excluding hydrogens is 571 g/mol. The van der Waals surface area contributed by atoms with Crippen molar-refractivity contribution in [2.24, 2.45) is 0 Å². The Kier molecular flexibility index (Phi) is 6.68. The molecule has 6 heterocycles. The van der Waals surface area contributed by atoms with Crippen LogP contribution in [0.3, 0.4) is 0 Å². The van der Waals surface area contributed by atoms with Crippen LogP contribution in [0.1, 0.15) is 31.2 Å². The van der Waals surface area contributed by atoms with Crippen LogP contribution in [0, 0.1) is 18.2 Å². The first-order valence-electron chi connectivity index (χ1n) is 15.5. The van der Waals surface area contributed by atoms with Gasteiger partial charge >= 0.3 is 6.01 Å². The van der Waals surface area contributed by atoms with Crippen LogP contribution in [0.4, 0.5) is 10.2 Å². The molecule has 2 aromatic heterocycles. The molecule has 10 heteroatoms. The fourth-order valence-corrected chi connectivity index (χ4v) is 8.03. The van der Waals surface area contributed by atoms with Crippen molar-refractivity contribution >= 4 is 27.5 Å². The van der Waals surface area contributed by atoms with Crippen molar-refractivity contribution in [1.82, 2.24) is 25.2 Å². The van der Waals surface area contributed by atoms with Crippen LogP contribution >= 0.6 is 0 Å². The highest BCUT2D eigenvalue weighted by molar-refractivity contribution is 6.02. The van der Waals surface area contributed by atoms with E-state index in [0.717, 1.165) is 57.4 Å². The van der Waals surface area contributed by atoms with Gasteiger partial charge in [0, 0.05) is 68.1 Å². The van der Waals surface area contributed by atoms with Gasteiger partial charge in [-0.25, -0.2) is 4.39 Å². The molecule has 0 aliphatic carbocycles. The fourth-order valence-electron chi connectivity index (χ4n) is 8.03. The van der Waals surface area contributed by atoms with E-state index in [-0.39, 0.29) is 34.6 Å². The van der Waals surface area contributed by atoms with Crippen molar-refractivity contribution in [3.8, 4) is 35.4 Å². The minimum absolute atomic E-state index is 0.00968. The fraction of sp³-hybridized carbons (Fsp3) is 0.400. The van der Waals surface area contributed by atoms with Gasteiger partial charge in [0.05, 0.1) is 17.0 Å². The zero-order valence-electron chi connectivity index (χ0n) is 25.2. The molecule has 2 unspecified atom stereocenters. The summed E-state index contributed by atoms with van der Waals surface area (Å²) in [5.41, 5.74) is 2.05. The number of phenolic OH excluding ortho intramolecular Hbond substituents is 1. The van der Waals surface area contributed by atoms with Crippen LogP contribution in [-0.4, -0.2) is 88.6 Å².